The molecule has 2 aromatic rings. The minimum atomic E-state index is -3.36. The topological polar surface area (TPSA) is 58.2 Å². The Morgan fingerprint density at radius 2 is 1.80 bits per heavy atom. The molecule has 0 aliphatic carbocycles. The first-order chi connectivity index (χ1) is 9.42. The van der Waals surface area contributed by atoms with Gasteiger partial charge in [-0.1, -0.05) is 0 Å². The molecular formula is C14H18N2O2S2. The Morgan fingerprint density at radius 3 is 2.30 bits per heavy atom. The molecule has 0 aliphatic heterocycles. The number of rotatable bonds is 5. The lowest BCUT2D eigenvalue weighted by Gasteiger charge is -2.07. The third kappa shape index (κ3) is 3.39. The van der Waals surface area contributed by atoms with Crippen LogP contribution in [0, 0.1) is 13.8 Å². The molecule has 0 saturated carbocycles. The molecular weight excluding hydrogens is 292 g/mol. The number of nitrogens with one attached hydrogen (secondary N) is 2. The van der Waals surface area contributed by atoms with Crippen LogP contribution in [0.3, 0.4) is 0 Å². The maximum absolute atomic E-state index is 11.6. The second-order valence-corrected chi connectivity index (χ2v) is 7.87. The lowest BCUT2D eigenvalue weighted by molar-refractivity contribution is 0.588. The summed E-state index contributed by atoms with van der Waals surface area (Å²) < 4.78 is 25.5. The summed E-state index contributed by atoms with van der Waals surface area (Å²) in [5.41, 5.74) is 2.18. The minimum Gasteiger partial charge on any atom is -0.381 e. The van der Waals surface area contributed by atoms with E-state index in [4.69, 9.17) is 0 Å². The number of benzene rings is 1. The molecule has 0 saturated heterocycles. The summed E-state index contributed by atoms with van der Waals surface area (Å²) in [6.07, 6.45) is 0. The van der Waals surface area contributed by atoms with Crippen LogP contribution in [0.15, 0.2) is 35.2 Å². The third-order valence-electron chi connectivity index (χ3n) is 3.06. The van der Waals surface area contributed by atoms with E-state index in [2.05, 4.69) is 30.0 Å². The van der Waals surface area contributed by atoms with Crippen LogP contribution in [0.25, 0.3) is 0 Å². The van der Waals surface area contributed by atoms with Gasteiger partial charge in [0.05, 0.1) is 4.90 Å². The standard InChI is InChI=1S/C14H18N2O2S2/c1-10-8-12(11(2)19-10)9-16-13-4-6-14(7-5-13)20(17,18)15-3/h4-8,15-16H,9H2,1-3H3. The lowest BCUT2D eigenvalue weighted by Crippen LogP contribution is -2.18. The molecule has 0 atom stereocenters. The average Bonchev–Trinajstić information content (AvgIpc) is 2.75. The SMILES string of the molecule is CNS(=O)(=O)c1ccc(NCc2cc(C)sc2C)cc1. The monoisotopic (exact) mass is 310 g/mol. The van der Waals surface area contributed by atoms with E-state index in [-0.39, 0.29) is 4.90 Å². The van der Waals surface area contributed by atoms with Crippen molar-refractivity contribution in [2.45, 2.75) is 25.3 Å². The first-order valence-corrected chi connectivity index (χ1v) is 8.56. The van der Waals surface area contributed by atoms with E-state index < -0.39 is 10.0 Å². The lowest BCUT2D eigenvalue weighted by atomic mass is 10.2. The van der Waals surface area contributed by atoms with Gasteiger partial charge in [0.2, 0.25) is 10.0 Å². The van der Waals surface area contributed by atoms with Crippen molar-refractivity contribution in [3.05, 3.63) is 45.6 Å². The Kier molecular flexibility index (Phi) is 4.47. The highest BCUT2D eigenvalue weighted by Crippen LogP contribution is 2.22. The van der Waals surface area contributed by atoms with Crippen LogP contribution in [0.5, 0.6) is 0 Å². The van der Waals surface area contributed by atoms with E-state index in [1.807, 2.05) is 0 Å². The minimum absolute atomic E-state index is 0.271. The number of hydrogen-bond donors (Lipinski definition) is 2. The fraction of sp³-hybridized carbons (Fsp3) is 0.286. The van der Waals surface area contributed by atoms with Crippen LogP contribution < -0.4 is 10.0 Å². The van der Waals surface area contributed by atoms with Crippen molar-refractivity contribution in [1.82, 2.24) is 4.72 Å². The summed E-state index contributed by atoms with van der Waals surface area (Å²) in [7, 11) is -1.96. The molecule has 0 aliphatic rings. The molecule has 0 bridgehead atoms. The van der Waals surface area contributed by atoms with Gasteiger partial charge in [-0.2, -0.15) is 0 Å². The van der Waals surface area contributed by atoms with Crippen molar-refractivity contribution in [3.8, 4) is 0 Å². The van der Waals surface area contributed by atoms with Gasteiger partial charge in [0.25, 0.3) is 0 Å². The molecule has 108 valence electrons. The van der Waals surface area contributed by atoms with E-state index >= 15 is 0 Å². The number of anilines is 1. The first kappa shape index (κ1) is 15.0. The van der Waals surface area contributed by atoms with Crippen LogP contribution in [0.1, 0.15) is 15.3 Å². The molecule has 0 unspecified atom stereocenters. The van der Waals surface area contributed by atoms with Gasteiger partial charge in [0.1, 0.15) is 0 Å². The maximum atomic E-state index is 11.6. The van der Waals surface area contributed by atoms with Crippen LogP contribution in [-0.2, 0) is 16.6 Å². The Hall–Kier alpha value is -1.37. The van der Waals surface area contributed by atoms with Gasteiger partial charge in [-0.25, -0.2) is 13.1 Å². The molecule has 2 rings (SSSR count). The van der Waals surface area contributed by atoms with Crippen molar-refractivity contribution < 1.29 is 8.42 Å². The van der Waals surface area contributed by atoms with Gasteiger partial charge in [-0.05, 0) is 56.8 Å². The summed E-state index contributed by atoms with van der Waals surface area (Å²) in [5.74, 6) is 0. The smallest absolute Gasteiger partial charge is 0.240 e. The molecule has 20 heavy (non-hydrogen) atoms. The summed E-state index contributed by atoms with van der Waals surface area (Å²) >= 11 is 1.79. The van der Waals surface area contributed by atoms with Crippen LogP contribution in [0.2, 0.25) is 0 Å². The number of sulfonamides is 1. The zero-order valence-electron chi connectivity index (χ0n) is 11.7. The number of aryl methyl sites for hydroxylation is 2. The second kappa shape index (κ2) is 5.95. The van der Waals surface area contributed by atoms with Crippen molar-refractivity contribution in [2.24, 2.45) is 0 Å². The van der Waals surface area contributed by atoms with Crippen LogP contribution >= 0.6 is 11.3 Å². The zero-order chi connectivity index (χ0) is 14.8. The van der Waals surface area contributed by atoms with Gasteiger partial charge in [-0.3, -0.25) is 0 Å². The van der Waals surface area contributed by atoms with E-state index in [9.17, 15) is 8.42 Å². The van der Waals surface area contributed by atoms with Gasteiger partial charge in [0, 0.05) is 22.0 Å². The Morgan fingerprint density at radius 1 is 1.15 bits per heavy atom. The second-order valence-electron chi connectivity index (χ2n) is 4.52. The molecule has 0 radical (unpaired) electrons. The van der Waals surface area contributed by atoms with E-state index in [1.165, 1.54) is 22.4 Å². The number of hydrogen-bond acceptors (Lipinski definition) is 4. The molecule has 1 heterocycles. The Bertz CT molecular complexity index is 688. The van der Waals surface area contributed by atoms with Gasteiger partial charge >= 0.3 is 0 Å². The Balaban J connectivity index is 2.06. The molecule has 6 heteroatoms. The molecule has 4 nitrogen and oxygen atoms in total. The van der Waals surface area contributed by atoms with Gasteiger partial charge in [0.15, 0.2) is 0 Å². The normalized spacial score (nSPS) is 11.6. The fourth-order valence-electron chi connectivity index (χ4n) is 1.93. The predicted octanol–water partition coefficient (Wildman–Crippen LogP) is 2.89. The van der Waals surface area contributed by atoms with Gasteiger partial charge < -0.3 is 5.32 Å². The first-order valence-electron chi connectivity index (χ1n) is 6.26. The average molecular weight is 310 g/mol. The molecule has 0 fully saturated rings. The molecule has 1 aromatic carbocycles. The molecule has 0 spiro atoms. The summed E-state index contributed by atoms with van der Waals surface area (Å²) in [4.78, 5) is 2.88. The largest absolute Gasteiger partial charge is 0.381 e. The maximum Gasteiger partial charge on any atom is 0.240 e. The van der Waals surface area contributed by atoms with E-state index in [0.717, 1.165) is 12.2 Å². The van der Waals surface area contributed by atoms with E-state index in [0.29, 0.717) is 0 Å². The quantitative estimate of drug-likeness (QED) is 0.893. The predicted molar refractivity (Wildman–Crippen MR) is 83.8 cm³/mol. The highest BCUT2D eigenvalue weighted by atomic mass is 32.2. The summed E-state index contributed by atoms with van der Waals surface area (Å²) in [5, 5.41) is 3.30. The summed E-state index contributed by atoms with van der Waals surface area (Å²) in [6.45, 7) is 4.95. The summed E-state index contributed by atoms with van der Waals surface area (Å²) in [6, 6.07) is 8.92. The van der Waals surface area contributed by atoms with Crippen molar-refractivity contribution in [3.63, 3.8) is 0 Å². The fourth-order valence-corrected chi connectivity index (χ4v) is 3.60. The molecule has 2 N–H and O–H groups in total. The van der Waals surface area contributed by atoms with Crippen molar-refractivity contribution in [1.29, 1.82) is 0 Å². The highest BCUT2D eigenvalue weighted by Gasteiger charge is 2.10. The third-order valence-corrected chi connectivity index (χ3v) is 5.50. The van der Waals surface area contributed by atoms with Crippen LogP contribution in [-0.4, -0.2) is 15.5 Å². The Labute approximate surface area is 123 Å². The van der Waals surface area contributed by atoms with Crippen LogP contribution in [0.4, 0.5) is 5.69 Å². The van der Waals surface area contributed by atoms with Crippen molar-refractivity contribution >= 4 is 27.0 Å². The highest BCUT2D eigenvalue weighted by molar-refractivity contribution is 7.89. The van der Waals surface area contributed by atoms with Gasteiger partial charge in [-0.15, -0.1) is 11.3 Å². The van der Waals surface area contributed by atoms with E-state index in [1.54, 1.807) is 35.6 Å². The molecule has 1 aromatic heterocycles. The zero-order valence-corrected chi connectivity index (χ0v) is 13.4. The molecule has 0 amide bonds. The van der Waals surface area contributed by atoms with Crippen molar-refractivity contribution in [2.75, 3.05) is 12.4 Å². The number of thiophene rings is 1.